The summed E-state index contributed by atoms with van der Waals surface area (Å²) >= 11 is 0. The molecule has 0 fully saturated rings. The van der Waals surface area contributed by atoms with Gasteiger partial charge in [0.05, 0.1) is 30.1 Å². The predicted octanol–water partition coefficient (Wildman–Crippen LogP) is 1.04. The summed E-state index contributed by atoms with van der Waals surface area (Å²) in [5, 5.41) is 25.8. The van der Waals surface area contributed by atoms with Crippen molar-refractivity contribution < 1.29 is 9.90 Å². The molecule has 0 saturated heterocycles. The normalized spacial score (nSPS) is 13.2. The van der Waals surface area contributed by atoms with Crippen LogP contribution in [0.2, 0.25) is 0 Å². The largest absolute Gasteiger partial charge is 0.396 e. The van der Waals surface area contributed by atoms with Gasteiger partial charge in [0.2, 0.25) is 0 Å². The van der Waals surface area contributed by atoms with Gasteiger partial charge < -0.3 is 16.2 Å². The minimum absolute atomic E-state index is 0.0225. The molecule has 2 rings (SSSR count). The Hall–Kier alpha value is -2.85. The number of hydrogen-bond acceptors (Lipinski definition) is 5. The third-order valence-corrected chi connectivity index (χ3v) is 3.22. The Morgan fingerprint density at radius 3 is 2.86 bits per heavy atom. The Bertz CT molecular complexity index is 743. The van der Waals surface area contributed by atoms with Gasteiger partial charge in [-0.05, 0) is 37.6 Å². The molecule has 22 heavy (non-hydrogen) atoms. The first kappa shape index (κ1) is 15.5. The zero-order valence-electron chi connectivity index (χ0n) is 12.4. The number of nitriles is 1. The van der Waals surface area contributed by atoms with Crippen LogP contribution >= 0.6 is 0 Å². The highest BCUT2D eigenvalue weighted by Gasteiger charge is 2.31. The molecule has 0 aliphatic rings. The van der Waals surface area contributed by atoms with E-state index in [0.29, 0.717) is 16.9 Å². The van der Waals surface area contributed by atoms with Gasteiger partial charge in [-0.1, -0.05) is 0 Å². The van der Waals surface area contributed by atoms with Gasteiger partial charge in [0.25, 0.3) is 5.91 Å². The summed E-state index contributed by atoms with van der Waals surface area (Å²) in [6.45, 7) is 3.15. The number of carbonyl (C=O) groups is 1. The van der Waals surface area contributed by atoms with E-state index in [2.05, 4.69) is 16.5 Å². The summed E-state index contributed by atoms with van der Waals surface area (Å²) in [5.74, 6) is -0.564. The lowest BCUT2D eigenvalue weighted by Crippen LogP contribution is -2.43. The number of benzene rings is 1. The average Bonchev–Trinajstić information content (AvgIpc) is 2.83. The molecule has 4 N–H and O–H groups in total. The molecule has 0 saturated carbocycles. The van der Waals surface area contributed by atoms with Crippen LogP contribution in [0.5, 0.6) is 0 Å². The molecule has 0 aliphatic carbocycles. The number of aliphatic hydroxyl groups is 1. The SMILES string of the molecule is Cc1cc(NC(=O)[C@@](C)(O)Cn2cc(N)cn2)ccc1C#N. The highest BCUT2D eigenvalue weighted by Crippen LogP contribution is 2.17. The van der Waals surface area contributed by atoms with E-state index in [9.17, 15) is 9.90 Å². The van der Waals surface area contributed by atoms with Crippen LogP contribution in [-0.2, 0) is 11.3 Å². The van der Waals surface area contributed by atoms with E-state index in [1.54, 1.807) is 25.1 Å². The summed E-state index contributed by atoms with van der Waals surface area (Å²) in [6, 6.07) is 6.97. The summed E-state index contributed by atoms with van der Waals surface area (Å²) in [5.41, 5.74) is 6.16. The number of nitrogens with one attached hydrogen (secondary N) is 1. The van der Waals surface area contributed by atoms with Crippen molar-refractivity contribution in [2.24, 2.45) is 0 Å². The monoisotopic (exact) mass is 299 g/mol. The summed E-state index contributed by atoms with van der Waals surface area (Å²) in [4.78, 5) is 12.2. The molecule has 0 radical (unpaired) electrons. The van der Waals surface area contributed by atoms with Crippen molar-refractivity contribution in [1.29, 1.82) is 5.26 Å². The zero-order valence-corrected chi connectivity index (χ0v) is 12.4. The molecule has 0 unspecified atom stereocenters. The molecule has 1 amide bonds. The molecule has 1 aromatic heterocycles. The molecule has 7 nitrogen and oxygen atoms in total. The Balaban J connectivity index is 2.10. The molecule has 1 aromatic carbocycles. The fraction of sp³-hybridized carbons (Fsp3) is 0.267. The lowest BCUT2D eigenvalue weighted by atomic mass is 10.1. The van der Waals surface area contributed by atoms with E-state index >= 15 is 0 Å². The second-order valence-corrected chi connectivity index (χ2v) is 5.34. The number of nitrogens with two attached hydrogens (primary N) is 1. The number of rotatable bonds is 4. The standard InChI is InChI=1S/C15H17N5O2/c1-10-5-13(4-3-11(10)6-16)19-14(21)15(2,22)9-20-8-12(17)7-18-20/h3-5,7-8,22H,9,17H2,1-2H3,(H,19,21)/t15-/m0/s1. The van der Waals surface area contributed by atoms with Crippen molar-refractivity contribution >= 4 is 17.3 Å². The van der Waals surface area contributed by atoms with Crippen molar-refractivity contribution in [2.45, 2.75) is 26.0 Å². The van der Waals surface area contributed by atoms with E-state index in [4.69, 9.17) is 11.0 Å². The minimum atomic E-state index is -1.65. The van der Waals surface area contributed by atoms with Crippen LogP contribution in [0.15, 0.2) is 30.6 Å². The topological polar surface area (TPSA) is 117 Å². The van der Waals surface area contributed by atoms with Crippen LogP contribution in [0.3, 0.4) is 0 Å². The van der Waals surface area contributed by atoms with E-state index in [1.807, 2.05) is 0 Å². The quantitative estimate of drug-likeness (QED) is 0.779. The first-order chi connectivity index (χ1) is 10.3. The molecule has 0 spiro atoms. The molecule has 7 heteroatoms. The third kappa shape index (κ3) is 3.42. The lowest BCUT2D eigenvalue weighted by Gasteiger charge is -2.22. The number of nitrogens with zero attached hydrogens (tertiary/aromatic N) is 3. The van der Waals surface area contributed by atoms with Gasteiger partial charge in [0, 0.05) is 11.9 Å². The molecule has 2 aromatic rings. The fourth-order valence-electron chi connectivity index (χ4n) is 1.99. The molecular weight excluding hydrogens is 282 g/mol. The highest BCUT2D eigenvalue weighted by atomic mass is 16.3. The van der Waals surface area contributed by atoms with Crippen LogP contribution in [0, 0.1) is 18.3 Å². The summed E-state index contributed by atoms with van der Waals surface area (Å²) in [7, 11) is 0. The van der Waals surface area contributed by atoms with Crippen molar-refractivity contribution in [2.75, 3.05) is 11.1 Å². The summed E-state index contributed by atoms with van der Waals surface area (Å²) in [6.07, 6.45) is 2.98. The lowest BCUT2D eigenvalue weighted by molar-refractivity contribution is -0.133. The molecule has 0 bridgehead atoms. The Labute approximate surface area is 128 Å². The van der Waals surface area contributed by atoms with Crippen LogP contribution in [0.4, 0.5) is 11.4 Å². The van der Waals surface area contributed by atoms with Gasteiger partial charge in [-0.15, -0.1) is 0 Å². The van der Waals surface area contributed by atoms with Crippen molar-refractivity contribution in [3.05, 3.63) is 41.7 Å². The Morgan fingerprint density at radius 1 is 1.59 bits per heavy atom. The smallest absolute Gasteiger partial charge is 0.257 e. The third-order valence-electron chi connectivity index (χ3n) is 3.22. The molecule has 1 atom stereocenters. The van der Waals surface area contributed by atoms with Gasteiger partial charge in [0.1, 0.15) is 0 Å². The number of aromatic nitrogens is 2. The Kier molecular flexibility index (Phi) is 4.15. The minimum Gasteiger partial charge on any atom is -0.396 e. The van der Waals surface area contributed by atoms with Crippen LogP contribution < -0.4 is 11.1 Å². The predicted molar refractivity (Wildman–Crippen MR) is 81.8 cm³/mol. The first-order valence-electron chi connectivity index (χ1n) is 6.64. The molecular formula is C15H17N5O2. The first-order valence-corrected chi connectivity index (χ1v) is 6.64. The number of amides is 1. The fourth-order valence-corrected chi connectivity index (χ4v) is 1.99. The van der Waals surface area contributed by atoms with E-state index < -0.39 is 11.5 Å². The maximum atomic E-state index is 12.2. The average molecular weight is 299 g/mol. The molecule has 114 valence electrons. The van der Waals surface area contributed by atoms with Crippen molar-refractivity contribution in [3.8, 4) is 6.07 Å². The second-order valence-electron chi connectivity index (χ2n) is 5.34. The highest BCUT2D eigenvalue weighted by molar-refractivity contribution is 5.96. The number of aryl methyl sites for hydroxylation is 1. The van der Waals surface area contributed by atoms with Gasteiger partial charge >= 0.3 is 0 Å². The van der Waals surface area contributed by atoms with Crippen molar-refractivity contribution in [3.63, 3.8) is 0 Å². The number of nitrogen functional groups attached to an aromatic ring is 1. The second kappa shape index (κ2) is 5.87. The van der Waals surface area contributed by atoms with Crippen LogP contribution in [-0.4, -0.2) is 26.4 Å². The van der Waals surface area contributed by atoms with E-state index in [-0.39, 0.29) is 6.54 Å². The Morgan fingerprint density at radius 2 is 2.32 bits per heavy atom. The summed E-state index contributed by atoms with van der Waals surface area (Å²) < 4.78 is 1.40. The maximum absolute atomic E-state index is 12.2. The number of carbonyl (C=O) groups excluding carboxylic acids is 1. The molecule has 0 aliphatic heterocycles. The van der Waals surface area contributed by atoms with E-state index in [1.165, 1.54) is 24.0 Å². The van der Waals surface area contributed by atoms with Gasteiger partial charge in [0.15, 0.2) is 5.60 Å². The number of hydrogen-bond donors (Lipinski definition) is 3. The van der Waals surface area contributed by atoms with E-state index in [0.717, 1.165) is 5.56 Å². The van der Waals surface area contributed by atoms with Gasteiger partial charge in [-0.3, -0.25) is 9.48 Å². The molecule has 1 heterocycles. The zero-order chi connectivity index (χ0) is 16.3. The number of anilines is 2. The van der Waals surface area contributed by atoms with Crippen LogP contribution in [0.1, 0.15) is 18.1 Å². The maximum Gasteiger partial charge on any atom is 0.257 e. The van der Waals surface area contributed by atoms with Gasteiger partial charge in [-0.2, -0.15) is 10.4 Å². The van der Waals surface area contributed by atoms with Crippen molar-refractivity contribution in [1.82, 2.24) is 9.78 Å². The van der Waals surface area contributed by atoms with Crippen LogP contribution in [0.25, 0.3) is 0 Å². The van der Waals surface area contributed by atoms with Gasteiger partial charge in [-0.25, -0.2) is 0 Å².